The number of benzene rings is 1. The van der Waals surface area contributed by atoms with E-state index in [1.54, 1.807) is 0 Å². The highest BCUT2D eigenvalue weighted by atomic mass is 19.4. The average molecular weight is 287 g/mol. The normalized spacial score (nSPS) is 22.8. The number of halogens is 3. The maximum atomic E-state index is 13.3. The van der Waals surface area contributed by atoms with Crippen molar-refractivity contribution in [3.05, 3.63) is 29.8 Å². The molecule has 1 N–H and O–H groups in total. The molecule has 1 aliphatic rings. The molecule has 2 rings (SSSR count). The van der Waals surface area contributed by atoms with Crippen LogP contribution in [0.4, 0.5) is 13.2 Å². The summed E-state index contributed by atoms with van der Waals surface area (Å²) >= 11 is 0. The van der Waals surface area contributed by atoms with Gasteiger partial charge in [-0.1, -0.05) is 0 Å². The summed E-state index contributed by atoms with van der Waals surface area (Å²) in [6, 6.07) is 5.81. The molecule has 1 unspecified atom stereocenters. The van der Waals surface area contributed by atoms with Crippen LogP contribution in [0.25, 0.3) is 0 Å². The summed E-state index contributed by atoms with van der Waals surface area (Å²) in [7, 11) is 0. The molecule has 1 saturated heterocycles. The van der Waals surface area contributed by atoms with Crippen LogP contribution in [0.3, 0.4) is 0 Å². The maximum Gasteiger partial charge on any atom is 0.402 e. The molecule has 1 heterocycles. The minimum Gasteiger partial charge on any atom is -0.494 e. The zero-order valence-corrected chi connectivity index (χ0v) is 11.1. The molecule has 0 amide bonds. The van der Waals surface area contributed by atoms with E-state index in [2.05, 4.69) is 5.32 Å². The Morgan fingerprint density at radius 2 is 2.00 bits per heavy atom. The van der Waals surface area contributed by atoms with Crippen molar-refractivity contribution in [2.24, 2.45) is 5.41 Å². The third kappa shape index (κ3) is 2.52. The second kappa shape index (κ2) is 5.44. The van der Waals surface area contributed by atoms with E-state index in [9.17, 15) is 18.0 Å². The third-order valence-corrected chi connectivity index (χ3v) is 3.56. The van der Waals surface area contributed by atoms with Crippen molar-refractivity contribution in [3.8, 4) is 5.75 Å². The maximum absolute atomic E-state index is 13.3. The molecule has 0 bridgehead atoms. The summed E-state index contributed by atoms with van der Waals surface area (Å²) in [6.45, 7) is 2.11. The molecule has 110 valence electrons. The fourth-order valence-electron chi connectivity index (χ4n) is 2.40. The van der Waals surface area contributed by atoms with Gasteiger partial charge in [0.15, 0.2) is 5.78 Å². The molecule has 1 atom stereocenters. The van der Waals surface area contributed by atoms with E-state index in [1.165, 1.54) is 24.3 Å². The predicted octanol–water partition coefficient (Wildman–Crippen LogP) is 2.81. The highest BCUT2D eigenvalue weighted by Gasteiger charge is 2.61. The Hall–Kier alpha value is -1.56. The first kappa shape index (κ1) is 14.8. The van der Waals surface area contributed by atoms with Crippen LogP contribution in [-0.4, -0.2) is 31.7 Å². The monoisotopic (exact) mass is 287 g/mol. The lowest BCUT2D eigenvalue weighted by Gasteiger charge is -2.29. The van der Waals surface area contributed by atoms with Crippen LogP contribution >= 0.6 is 0 Å². The van der Waals surface area contributed by atoms with Crippen LogP contribution in [-0.2, 0) is 0 Å². The topological polar surface area (TPSA) is 38.3 Å². The number of carbonyl (C=O) groups is 1. The van der Waals surface area contributed by atoms with E-state index < -0.39 is 17.4 Å². The predicted molar refractivity (Wildman–Crippen MR) is 67.9 cm³/mol. The number of carbonyl (C=O) groups excluding carboxylic acids is 1. The number of ketones is 1. The molecular weight excluding hydrogens is 271 g/mol. The first-order chi connectivity index (χ1) is 9.40. The van der Waals surface area contributed by atoms with E-state index in [-0.39, 0.29) is 25.1 Å². The summed E-state index contributed by atoms with van der Waals surface area (Å²) in [5, 5.41) is 2.64. The van der Waals surface area contributed by atoms with Crippen molar-refractivity contribution in [3.63, 3.8) is 0 Å². The molecule has 1 aromatic rings. The highest BCUT2D eigenvalue weighted by Crippen LogP contribution is 2.45. The van der Waals surface area contributed by atoms with Gasteiger partial charge in [0.1, 0.15) is 11.2 Å². The van der Waals surface area contributed by atoms with Crippen LogP contribution in [0, 0.1) is 5.41 Å². The van der Waals surface area contributed by atoms with Gasteiger partial charge in [0.25, 0.3) is 0 Å². The lowest BCUT2D eigenvalue weighted by molar-refractivity contribution is -0.197. The number of alkyl halides is 3. The Kier molecular flexibility index (Phi) is 4.04. The Balaban J connectivity index is 2.29. The molecule has 3 nitrogen and oxygen atoms in total. The number of nitrogens with one attached hydrogen (secondary N) is 1. The van der Waals surface area contributed by atoms with E-state index in [0.29, 0.717) is 12.4 Å². The molecular formula is C14H16F3NO2. The molecule has 0 saturated carbocycles. The fourth-order valence-corrected chi connectivity index (χ4v) is 2.40. The second-order valence-corrected chi connectivity index (χ2v) is 4.79. The summed E-state index contributed by atoms with van der Waals surface area (Å²) in [5.74, 6) is -0.340. The van der Waals surface area contributed by atoms with E-state index in [0.717, 1.165) is 0 Å². The Morgan fingerprint density at radius 1 is 1.35 bits per heavy atom. The smallest absolute Gasteiger partial charge is 0.402 e. The average Bonchev–Trinajstić information content (AvgIpc) is 2.89. The molecule has 0 radical (unpaired) electrons. The van der Waals surface area contributed by atoms with Gasteiger partial charge in [-0.05, 0) is 44.2 Å². The molecule has 1 fully saturated rings. The summed E-state index contributed by atoms with van der Waals surface area (Å²) in [5.41, 5.74) is -2.24. The number of hydrogen-bond donors (Lipinski definition) is 1. The summed E-state index contributed by atoms with van der Waals surface area (Å²) in [6.07, 6.45) is -4.77. The lowest BCUT2D eigenvalue weighted by Crippen LogP contribution is -2.46. The van der Waals surface area contributed by atoms with E-state index in [1.807, 2.05) is 6.92 Å². The number of Topliss-reactive ketones (excluding diaryl/α,β-unsaturated/α-hetero) is 1. The van der Waals surface area contributed by atoms with Gasteiger partial charge in [-0.25, -0.2) is 0 Å². The van der Waals surface area contributed by atoms with Crippen molar-refractivity contribution >= 4 is 5.78 Å². The zero-order chi connectivity index (χ0) is 14.8. The van der Waals surface area contributed by atoms with Crippen molar-refractivity contribution in [2.45, 2.75) is 19.5 Å². The Morgan fingerprint density at radius 3 is 2.45 bits per heavy atom. The molecule has 6 heteroatoms. The molecule has 0 spiro atoms. The van der Waals surface area contributed by atoms with E-state index >= 15 is 0 Å². The van der Waals surface area contributed by atoms with Gasteiger partial charge < -0.3 is 10.1 Å². The summed E-state index contributed by atoms with van der Waals surface area (Å²) in [4.78, 5) is 12.3. The van der Waals surface area contributed by atoms with Crippen molar-refractivity contribution in [2.75, 3.05) is 19.7 Å². The first-order valence-electron chi connectivity index (χ1n) is 6.46. The third-order valence-electron chi connectivity index (χ3n) is 3.56. The van der Waals surface area contributed by atoms with Gasteiger partial charge in [0.05, 0.1) is 6.61 Å². The van der Waals surface area contributed by atoms with Crippen molar-refractivity contribution < 1.29 is 22.7 Å². The molecule has 0 aromatic heterocycles. The van der Waals surface area contributed by atoms with Gasteiger partial charge in [0.2, 0.25) is 0 Å². The SMILES string of the molecule is CCOc1ccc(C(=O)C2(C(F)(F)F)CCNC2)cc1. The van der Waals surface area contributed by atoms with Crippen molar-refractivity contribution in [1.82, 2.24) is 5.32 Å². The standard InChI is InChI=1S/C14H16F3NO2/c1-2-20-11-5-3-10(4-6-11)12(19)13(14(15,16)17)7-8-18-9-13/h3-6,18H,2,7-9H2,1H3. The van der Waals surface area contributed by atoms with Crippen LogP contribution in [0.2, 0.25) is 0 Å². The minimum absolute atomic E-state index is 0.0643. The second-order valence-electron chi connectivity index (χ2n) is 4.79. The van der Waals surface area contributed by atoms with Gasteiger partial charge in [0, 0.05) is 12.1 Å². The molecule has 1 aromatic carbocycles. The van der Waals surface area contributed by atoms with E-state index in [4.69, 9.17) is 4.74 Å². The number of rotatable bonds is 4. The molecule has 20 heavy (non-hydrogen) atoms. The van der Waals surface area contributed by atoms with Crippen LogP contribution in [0.5, 0.6) is 5.75 Å². The van der Waals surface area contributed by atoms with Crippen LogP contribution in [0.15, 0.2) is 24.3 Å². The van der Waals surface area contributed by atoms with Crippen LogP contribution in [0.1, 0.15) is 23.7 Å². The lowest BCUT2D eigenvalue weighted by atomic mass is 9.79. The number of hydrogen-bond acceptors (Lipinski definition) is 3. The zero-order valence-electron chi connectivity index (χ0n) is 11.1. The van der Waals surface area contributed by atoms with Gasteiger partial charge in [-0.2, -0.15) is 13.2 Å². The molecule has 0 aliphatic carbocycles. The Bertz CT molecular complexity index is 476. The quantitative estimate of drug-likeness (QED) is 0.865. The minimum atomic E-state index is -4.55. The van der Waals surface area contributed by atoms with Crippen molar-refractivity contribution in [1.29, 1.82) is 0 Å². The highest BCUT2D eigenvalue weighted by molar-refractivity contribution is 6.01. The largest absolute Gasteiger partial charge is 0.494 e. The van der Waals surface area contributed by atoms with Gasteiger partial charge in [-0.3, -0.25) is 4.79 Å². The van der Waals surface area contributed by atoms with Gasteiger partial charge in [-0.15, -0.1) is 0 Å². The molecule has 1 aliphatic heterocycles. The van der Waals surface area contributed by atoms with Crippen LogP contribution < -0.4 is 10.1 Å². The summed E-state index contributed by atoms with van der Waals surface area (Å²) < 4.78 is 45.0. The Labute approximate surface area is 115 Å². The fraction of sp³-hybridized carbons (Fsp3) is 0.500. The first-order valence-corrected chi connectivity index (χ1v) is 6.46. The number of ether oxygens (including phenoxy) is 1. The van der Waals surface area contributed by atoms with Gasteiger partial charge >= 0.3 is 6.18 Å².